The van der Waals surface area contributed by atoms with E-state index in [-0.39, 0.29) is 40.7 Å². The van der Waals surface area contributed by atoms with Crippen LogP contribution in [0.1, 0.15) is 38.5 Å². The molecule has 5 fully saturated rings. The molecule has 0 radical (unpaired) electrons. The summed E-state index contributed by atoms with van der Waals surface area (Å²) < 4.78 is 5.53. The molecule has 1 aliphatic carbocycles. The van der Waals surface area contributed by atoms with Crippen molar-refractivity contribution in [3.05, 3.63) is 11.1 Å². The number of allylic oxidation sites excluding steroid dienone is 1. The second-order valence-corrected chi connectivity index (χ2v) is 15.4. The Morgan fingerprint density at radius 2 is 1.97 bits per heavy atom. The summed E-state index contributed by atoms with van der Waals surface area (Å²) in [6.07, 6.45) is 8.35. The molecule has 39 heavy (non-hydrogen) atoms. The number of hydrogen-bond acceptors (Lipinski definition) is 11. The van der Waals surface area contributed by atoms with Crippen molar-refractivity contribution >= 4 is 47.0 Å². The number of fused-ring (bicyclic) bond motifs is 1. The van der Waals surface area contributed by atoms with Gasteiger partial charge in [0.15, 0.2) is 5.78 Å². The topological polar surface area (TPSA) is 148 Å². The maximum Gasteiger partial charge on any atom is 0.223 e. The predicted molar refractivity (Wildman–Crippen MR) is 158 cm³/mol. The van der Waals surface area contributed by atoms with Gasteiger partial charge in [0.1, 0.15) is 5.50 Å². The van der Waals surface area contributed by atoms with E-state index in [4.69, 9.17) is 10.5 Å². The van der Waals surface area contributed by atoms with Crippen molar-refractivity contribution in [1.29, 1.82) is 0 Å². The maximum atomic E-state index is 13.0. The summed E-state index contributed by atoms with van der Waals surface area (Å²) in [5, 5.41) is 16.7. The molecule has 4 saturated heterocycles. The van der Waals surface area contributed by atoms with Gasteiger partial charge in [-0.05, 0) is 37.4 Å². The third kappa shape index (κ3) is 6.46. The fourth-order valence-corrected chi connectivity index (χ4v) is 12.1. The number of morpholine rings is 1. The Morgan fingerprint density at radius 3 is 2.77 bits per heavy atom. The lowest BCUT2D eigenvalue weighted by molar-refractivity contribution is -0.431. The molecule has 5 heterocycles. The predicted octanol–water partition coefficient (Wildman–Crippen LogP) is -0.566. The number of piperidine rings is 1. The fraction of sp³-hybridized carbons (Fsp3) is 0.846. The van der Waals surface area contributed by atoms with E-state index < -0.39 is 0 Å². The third-order valence-electron chi connectivity index (χ3n) is 9.18. The number of nitrogens with one attached hydrogen (secondary N) is 4. The molecule has 8 unspecified atom stereocenters. The van der Waals surface area contributed by atoms with Crippen LogP contribution in [0.3, 0.4) is 0 Å². The Labute approximate surface area is 244 Å². The molecular formula is C26H44N7O3S3+. The molecule has 6 aliphatic rings. The highest BCUT2D eigenvalue weighted by molar-refractivity contribution is 8.07. The second-order valence-electron chi connectivity index (χ2n) is 11.7. The summed E-state index contributed by atoms with van der Waals surface area (Å²) in [7, 11) is 0. The molecular weight excluding hydrogens is 555 g/mol. The molecule has 218 valence electrons. The van der Waals surface area contributed by atoms with E-state index in [0.717, 1.165) is 62.9 Å². The highest BCUT2D eigenvalue weighted by Crippen LogP contribution is 2.50. The zero-order valence-electron chi connectivity index (χ0n) is 22.5. The number of ether oxygens (including phenoxy) is 1. The molecule has 0 bridgehead atoms. The van der Waals surface area contributed by atoms with Gasteiger partial charge in [0.05, 0.1) is 53.8 Å². The van der Waals surface area contributed by atoms with Crippen molar-refractivity contribution < 1.29 is 20.1 Å². The molecule has 9 N–H and O–H groups in total. The summed E-state index contributed by atoms with van der Waals surface area (Å²) in [6.45, 7) is 4.05. The van der Waals surface area contributed by atoms with E-state index in [1.54, 1.807) is 0 Å². The number of ketones is 1. The number of carbonyl (C=O) groups excluding carboxylic acids is 2. The summed E-state index contributed by atoms with van der Waals surface area (Å²) in [5.74, 6) is 1.24. The number of primary amides is 1. The number of hydrogen-bond donors (Lipinski definition) is 6. The first-order valence-corrected chi connectivity index (χ1v) is 17.5. The van der Waals surface area contributed by atoms with Crippen LogP contribution in [0.4, 0.5) is 0 Å². The number of quaternary nitrogens is 1. The van der Waals surface area contributed by atoms with Gasteiger partial charge in [-0.3, -0.25) is 30.9 Å². The van der Waals surface area contributed by atoms with E-state index in [1.165, 1.54) is 19.3 Å². The van der Waals surface area contributed by atoms with Crippen LogP contribution < -0.4 is 32.7 Å². The standard InChI is InChI=1S/C26H43N7O3S3/c27-16-3-1-2-4-17(16)30-20-6-5-14(24(28)35)25(31-20)32-26-29-12-19(38-26)15-13-37-23-18(34)11-21(39-22(15)23)33-7-9-36-10-8-33/h11,14-17,19-20,22-23,25-26,29-32H,1-10,12-13,27H2,(H2,28,35)/p+1/t14?,15?,16-,17+,19?,20?,22?,23?,25?,26?/m1/s1. The molecule has 10 atom stereocenters. The van der Waals surface area contributed by atoms with Crippen LogP contribution in [-0.4, -0.2) is 101 Å². The Kier molecular flexibility index (Phi) is 9.38. The molecule has 1 amide bonds. The van der Waals surface area contributed by atoms with Gasteiger partial charge in [-0.25, -0.2) is 0 Å². The number of amides is 1. The minimum atomic E-state index is -0.250. The first-order valence-electron chi connectivity index (χ1n) is 14.6. The SMILES string of the molecule is NC(=O)C1CCC(N[C@H]2CCCC[C@H]2[NH3+])NC1NC1NCC(C2CSC3C(=O)C=C(N4CCOCC4)SC32)S1. The van der Waals surface area contributed by atoms with Crippen molar-refractivity contribution in [1.82, 2.24) is 26.2 Å². The van der Waals surface area contributed by atoms with Crippen molar-refractivity contribution in [2.45, 2.75) is 84.2 Å². The van der Waals surface area contributed by atoms with E-state index in [9.17, 15) is 9.59 Å². The Morgan fingerprint density at radius 1 is 1.15 bits per heavy atom. The summed E-state index contributed by atoms with van der Waals surface area (Å²) >= 11 is 5.65. The van der Waals surface area contributed by atoms with Gasteiger partial charge < -0.3 is 21.1 Å². The summed E-state index contributed by atoms with van der Waals surface area (Å²) in [4.78, 5) is 27.7. The highest BCUT2D eigenvalue weighted by atomic mass is 32.2. The van der Waals surface area contributed by atoms with E-state index in [1.807, 2.05) is 41.4 Å². The summed E-state index contributed by atoms with van der Waals surface area (Å²) in [5.41, 5.74) is 10.2. The fourth-order valence-electron chi connectivity index (χ4n) is 6.89. The van der Waals surface area contributed by atoms with Crippen LogP contribution >= 0.6 is 35.3 Å². The molecule has 0 aromatic rings. The van der Waals surface area contributed by atoms with Gasteiger partial charge in [-0.2, -0.15) is 0 Å². The quantitative estimate of drug-likeness (QED) is 0.224. The number of nitrogens with two attached hydrogens (primary N) is 1. The van der Waals surface area contributed by atoms with Gasteiger partial charge in [0, 0.05) is 42.6 Å². The number of nitrogens with zero attached hydrogens (tertiary/aromatic N) is 1. The van der Waals surface area contributed by atoms with E-state index in [2.05, 4.69) is 31.9 Å². The average molecular weight is 599 g/mol. The Bertz CT molecular complexity index is 938. The van der Waals surface area contributed by atoms with Crippen LogP contribution in [0.5, 0.6) is 0 Å². The first kappa shape index (κ1) is 28.6. The molecule has 1 saturated carbocycles. The van der Waals surface area contributed by atoms with Crippen LogP contribution in [0, 0.1) is 11.8 Å². The van der Waals surface area contributed by atoms with Gasteiger partial charge in [0.25, 0.3) is 0 Å². The molecule has 0 spiro atoms. The van der Waals surface area contributed by atoms with Crippen molar-refractivity contribution in [3.8, 4) is 0 Å². The Hall–Kier alpha value is -0.510. The Balaban J connectivity index is 1.06. The third-order valence-corrected chi connectivity index (χ3v) is 13.8. The molecule has 13 heteroatoms. The number of carbonyl (C=O) groups is 2. The van der Waals surface area contributed by atoms with Gasteiger partial charge in [-0.1, -0.05) is 6.42 Å². The van der Waals surface area contributed by atoms with Gasteiger partial charge in [-0.15, -0.1) is 35.3 Å². The lowest BCUT2D eigenvalue weighted by Gasteiger charge is -2.40. The van der Waals surface area contributed by atoms with E-state index in [0.29, 0.717) is 28.5 Å². The highest BCUT2D eigenvalue weighted by Gasteiger charge is 2.49. The molecule has 10 nitrogen and oxygen atoms in total. The largest absolute Gasteiger partial charge is 0.378 e. The molecule has 6 rings (SSSR count). The van der Waals surface area contributed by atoms with Crippen LogP contribution in [0.15, 0.2) is 11.1 Å². The molecule has 0 aromatic heterocycles. The van der Waals surface area contributed by atoms with Crippen LogP contribution in [0.2, 0.25) is 0 Å². The van der Waals surface area contributed by atoms with Gasteiger partial charge >= 0.3 is 0 Å². The zero-order chi connectivity index (χ0) is 26.9. The minimum absolute atomic E-state index is 0.0333. The van der Waals surface area contributed by atoms with Gasteiger partial charge in [0.2, 0.25) is 5.91 Å². The molecule has 5 aliphatic heterocycles. The van der Waals surface area contributed by atoms with Crippen molar-refractivity contribution in [3.63, 3.8) is 0 Å². The smallest absolute Gasteiger partial charge is 0.223 e. The average Bonchev–Trinajstić information content (AvgIpc) is 3.58. The minimum Gasteiger partial charge on any atom is -0.378 e. The van der Waals surface area contributed by atoms with Crippen LogP contribution in [-0.2, 0) is 14.3 Å². The number of thioether (sulfide) groups is 3. The number of rotatable bonds is 7. The van der Waals surface area contributed by atoms with Crippen molar-refractivity contribution in [2.75, 3.05) is 38.6 Å². The lowest BCUT2D eigenvalue weighted by Crippen LogP contribution is -2.73. The lowest BCUT2D eigenvalue weighted by atomic mass is 9.89. The van der Waals surface area contributed by atoms with Crippen molar-refractivity contribution in [2.24, 2.45) is 17.6 Å². The maximum absolute atomic E-state index is 13.0. The second kappa shape index (κ2) is 12.8. The normalized spacial score (nSPS) is 43.3. The summed E-state index contributed by atoms with van der Waals surface area (Å²) in [6, 6.07) is 0.857. The van der Waals surface area contributed by atoms with Crippen LogP contribution in [0.25, 0.3) is 0 Å². The van der Waals surface area contributed by atoms with E-state index >= 15 is 0 Å². The first-order chi connectivity index (χ1) is 19.0. The molecule has 0 aromatic carbocycles. The monoisotopic (exact) mass is 598 g/mol. The zero-order valence-corrected chi connectivity index (χ0v) is 25.0.